The minimum absolute atomic E-state index is 0.00609. The maximum absolute atomic E-state index is 12.9. The smallest absolute Gasteiger partial charge is 0.246 e. The van der Waals surface area contributed by atoms with Crippen LogP contribution in [0.15, 0.2) is 36.5 Å². The molecular weight excluding hydrogens is 402 g/mol. The Morgan fingerprint density at radius 1 is 0.969 bits per heavy atom. The van der Waals surface area contributed by atoms with Gasteiger partial charge in [-0.1, -0.05) is 18.2 Å². The highest BCUT2D eigenvalue weighted by molar-refractivity contribution is 5.96. The largest absolute Gasteiger partial charge is 0.346 e. The van der Waals surface area contributed by atoms with Gasteiger partial charge in [0.15, 0.2) is 0 Å². The summed E-state index contributed by atoms with van der Waals surface area (Å²) in [4.78, 5) is 31.3. The average molecular weight is 434 g/mol. The molecule has 2 aliphatic rings. The van der Waals surface area contributed by atoms with Gasteiger partial charge in [0.05, 0.1) is 19.0 Å². The summed E-state index contributed by atoms with van der Waals surface area (Å²) in [6.45, 7) is 5.79. The molecule has 2 aromatic rings. The summed E-state index contributed by atoms with van der Waals surface area (Å²) < 4.78 is 2.07. The fourth-order valence-electron chi connectivity index (χ4n) is 4.64. The van der Waals surface area contributed by atoms with E-state index >= 15 is 0 Å². The van der Waals surface area contributed by atoms with Crippen molar-refractivity contribution >= 4 is 28.8 Å². The maximum Gasteiger partial charge on any atom is 0.246 e. The third kappa shape index (κ3) is 5.20. The third-order valence-electron chi connectivity index (χ3n) is 6.41. The van der Waals surface area contributed by atoms with E-state index in [1.54, 1.807) is 6.08 Å². The number of hydrogen-bond donors (Lipinski definition) is 0. The van der Waals surface area contributed by atoms with Crippen LogP contribution in [0.1, 0.15) is 31.2 Å². The Kier molecular flexibility index (Phi) is 7.23. The molecule has 1 aromatic heterocycles. The summed E-state index contributed by atoms with van der Waals surface area (Å²) >= 11 is 0. The van der Waals surface area contributed by atoms with Gasteiger partial charge in [0.1, 0.15) is 0 Å². The number of aromatic nitrogens is 1. The number of aryl methyl sites for hydroxylation is 1. The molecule has 0 N–H and O–H groups in total. The number of likely N-dealkylation sites (tertiary alicyclic amines) is 1. The van der Waals surface area contributed by atoms with Gasteiger partial charge in [-0.15, -0.1) is 0 Å². The van der Waals surface area contributed by atoms with E-state index in [1.165, 1.54) is 0 Å². The summed E-state index contributed by atoms with van der Waals surface area (Å²) in [6, 6.07) is 10.3. The number of benzene rings is 1. The van der Waals surface area contributed by atoms with Gasteiger partial charge in [-0.05, 0) is 31.4 Å². The van der Waals surface area contributed by atoms with E-state index in [0.717, 1.165) is 61.9 Å². The number of hydrogen-bond acceptors (Lipinski definition) is 4. The van der Waals surface area contributed by atoms with Crippen LogP contribution in [-0.4, -0.2) is 76.9 Å². The van der Waals surface area contributed by atoms with Crippen molar-refractivity contribution in [3.63, 3.8) is 0 Å². The number of amides is 2. The molecule has 0 unspecified atom stereocenters. The Labute approximate surface area is 189 Å². The van der Waals surface area contributed by atoms with Crippen molar-refractivity contribution in [2.24, 2.45) is 0 Å². The molecule has 0 saturated carbocycles. The molecular formula is C25H31N5O2. The summed E-state index contributed by atoms with van der Waals surface area (Å²) in [5, 5.41) is 10.0. The number of carbonyl (C=O) groups is 2. The lowest BCUT2D eigenvalue weighted by molar-refractivity contribution is -0.131. The molecule has 32 heavy (non-hydrogen) atoms. The molecule has 0 bridgehead atoms. The van der Waals surface area contributed by atoms with Crippen LogP contribution in [0.2, 0.25) is 0 Å². The molecule has 168 valence electrons. The molecule has 7 nitrogen and oxygen atoms in total. The van der Waals surface area contributed by atoms with Gasteiger partial charge in [0.25, 0.3) is 0 Å². The first-order valence-corrected chi connectivity index (χ1v) is 11.6. The van der Waals surface area contributed by atoms with Crippen molar-refractivity contribution in [2.45, 2.75) is 32.2 Å². The predicted octanol–water partition coefficient (Wildman–Crippen LogP) is 2.72. The van der Waals surface area contributed by atoms with Gasteiger partial charge in [-0.3, -0.25) is 14.5 Å². The molecule has 1 aromatic carbocycles. The van der Waals surface area contributed by atoms with E-state index in [1.807, 2.05) is 46.3 Å². The Bertz CT molecular complexity index is 1030. The van der Waals surface area contributed by atoms with E-state index in [2.05, 4.69) is 15.5 Å². The fraction of sp³-hybridized carbons (Fsp3) is 0.480. The number of carbonyl (C=O) groups excluding carboxylic acids is 2. The summed E-state index contributed by atoms with van der Waals surface area (Å²) in [6.07, 6.45) is 9.09. The molecule has 2 fully saturated rings. The standard InChI is InChI=1S/C25H31N5O2/c26-11-5-15-30-19-21(22-7-1-2-8-23(22)30)9-10-24(31)29-16-6-12-27(17-18-29)20-25(32)28-13-3-4-14-28/h1-2,7-10,19H,3-6,12-18,20H2. The SMILES string of the molecule is N#CCCn1cc(C=CC(=O)N2CCCN(CC(=O)N3CCCC3)CC2)c2ccccc21. The number of para-hydroxylation sites is 1. The minimum Gasteiger partial charge on any atom is -0.346 e. The highest BCUT2D eigenvalue weighted by atomic mass is 16.2. The van der Waals surface area contributed by atoms with Crippen molar-refractivity contribution < 1.29 is 9.59 Å². The lowest BCUT2D eigenvalue weighted by Crippen LogP contribution is -2.41. The van der Waals surface area contributed by atoms with Gasteiger partial charge < -0.3 is 14.4 Å². The zero-order chi connectivity index (χ0) is 22.3. The van der Waals surface area contributed by atoms with Crippen molar-refractivity contribution in [1.82, 2.24) is 19.3 Å². The second kappa shape index (κ2) is 10.5. The highest BCUT2D eigenvalue weighted by Gasteiger charge is 2.23. The average Bonchev–Trinajstić information content (AvgIpc) is 3.40. The number of fused-ring (bicyclic) bond motifs is 1. The van der Waals surface area contributed by atoms with Gasteiger partial charge in [-0.25, -0.2) is 0 Å². The van der Waals surface area contributed by atoms with E-state index < -0.39 is 0 Å². The van der Waals surface area contributed by atoms with Gasteiger partial charge in [0, 0.05) is 74.6 Å². The normalized spacial score (nSPS) is 17.7. The molecule has 7 heteroatoms. The number of rotatable bonds is 6. The predicted molar refractivity (Wildman–Crippen MR) is 125 cm³/mol. The second-order valence-electron chi connectivity index (χ2n) is 8.58. The fourth-order valence-corrected chi connectivity index (χ4v) is 4.64. The molecule has 4 rings (SSSR count). The first kappa shape index (κ1) is 22.1. The van der Waals surface area contributed by atoms with Gasteiger partial charge in [0.2, 0.25) is 11.8 Å². The molecule has 3 heterocycles. The second-order valence-corrected chi connectivity index (χ2v) is 8.58. The topological polar surface area (TPSA) is 72.6 Å². The maximum atomic E-state index is 12.9. The summed E-state index contributed by atoms with van der Waals surface area (Å²) in [7, 11) is 0. The molecule has 0 radical (unpaired) electrons. The zero-order valence-corrected chi connectivity index (χ0v) is 18.6. The van der Waals surface area contributed by atoms with Crippen LogP contribution in [-0.2, 0) is 16.1 Å². The minimum atomic E-state index is 0.00609. The molecule has 2 aliphatic heterocycles. The van der Waals surface area contributed by atoms with E-state index in [-0.39, 0.29) is 11.8 Å². The Hall–Kier alpha value is -3.11. The van der Waals surface area contributed by atoms with Crippen LogP contribution in [0.3, 0.4) is 0 Å². The van der Waals surface area contributed by atoms with Crippen LogP contribution in [0.25, 0.3) is 17.0 Å². The molecule has 0 spiro atoms. The third-order valence-corrected chi connectivity index (χ3v) is 6.41. The van der Waals surface area contributed by atoms with Crippen LogP contribution >= 0.6 is 0 Å². The van der Waals surface area contributed by atoms with Crippen LogP contribution < -0.4 is 0 Å². The van der Waals surface area contributed by atoms with Crippen molar-refractivity contribution in [2.75, 3.05) is 45.8 Å². The molecule has 2 amide bonds. The lowest BCUT2D eigenvalue weighted by atomic mass is 10.1. The van der Waals surface area contributed by atoms with E-state index in [9.17, 15) is 9.59 Å². The Morgan fingerprint density at radius 2 is 1.75 bits per heavy atom. The molecule has 2 saturated heterocycles. The van der Waals surface area contributed by atoms with Crippen molar-refractivity contribution in [3.05, 3.63) is 42.1 Å². The Balaban J connectivity index is 1.37. The number of nitriles is 1. The van der Waals surface area contributed by atoms with Crippen LogP contribution in [0.5, 0.6) is 0 Å². The van der Waals surface area contributed by atoms with E-state index in [4.69, 9.17) is 5.26 Å². The summed E-state index contributed by atoms with van der Waals surface area (Å²) in [5.74, 6) is 0.224. The lowest BCUT2D eigenvalue weighted by Gasteiger charge is -2.23. The first-order chi connectivity index (χ1) is 15.7. The van der Waals surface area contributed by atoms with Gasteiger partial charge in [-0.2, -0.15) is 5.26 Å². The van der Waals surface area contributed by atoms with Crippen molar-refractivity contribution in [1.29, 1.82) is 5.26 Å². The number of nitrogens with zero attached hydrogens (tertiary/aromatic N) is 5. The summed E-state index contributed by atoms with van der Waals surface area (Å²) in [5.41, 5.74) is 2.06. The van der Waals surface area contributed by atoms with Crippen LogP contribution in [0, 0.1) is 11.3 Å². The quantitative estimate of drug-likeness (QED) is 0.657. The van der Waals surface area contributed by atoms with Gasteiger partial charge >= 0.3 is 0 Å². The first-order valence-electron chi connectivity index (χ1n) is 11.6. The van der Waals surface area contributed by atoms with Crippen molar-refractivity contribution in [3.8, 4) is 6.07 Å². The van der Waals surface area contributed by atoms with E-state index in [0.29, 0.717) is 32.6 Å². The van der Waals surface area contributed by atoms with Crippen LogP contribution in [0.4, 0.5) is 0 Å². The zero-order valence-electron chi connectivity index (χ0n) is 18.6. The monoisotopic (exact) mass is 433 g/mol. The molecule has 0 atom stereocenters. The highest BCUT2D eigenvalue weighted by Crippen LogP contribution is 2.23. The molecule has 0 aliphatic carbocycles. The Morgan fingerprint density at radius 3 is 2.56 bits per heavy atom.